The van der Waals surface area contributed by atoms with E-state index in [1.807, 2.05) is 14.0 Å². The Labute approximate surface area is 175 Å². The molecule has 0 spiro atoms. The van der Waals surface area contributed by atoms with E-state index < -0.39 is 0 Å². The number of nitrogens with one attached hydrogen (secondary N) is 1. The molecule has 2 fully saturated rings. The number of nitrogens with zero attached hydrogens (tertiary/aromatic N) is 2. The van der Waals surface area contributed by atoms with E-state index in [1.165, 1.54) is 18.4 Å². The second kappa shape index (κ2) is 10.8. The quantitative estimate of drug-likeness (QED) is 0.370. The van der Waals surface area contributed by atoms with Gasteiger partial charge in [-0.15, -0.1) is 0 Å². The summed E-state index contributed by atoms with van der Waals surface area (Å²) in [5, 5.41) is 3.61. The van der Waals surface area contributed by atoms with E-state index in [1.54, 1.807) is 0 Å². The van der Waals surface area contributed by atoms with E-state index >= 15 is 0 Å². The molecule has 0 atom stereocenters. The van der Waals surface area contributed by atoms with Crippen LogP contribution in [-0.2, 0) is 14.9 Å². The summed E-state index contributed by atoms with van der Waals surface area (Å²) < 4.78 is 17.1. The Hall–Kier alpha value is -1.79. The molecule has 1 aromatic carbocycles. The van der Waals surface area contributed by atoms with Crippen molar-refractivity contribution in [2.75, 3.05) is 60.2 Å². The highest BCUT2D eigenvalue weighted by atomic mass is 16.5. The minimum absolute atomic E-state index is 0.0439. The zero-order chi connectivity index (χ0) is 20.5. The molecule has 0 amide bonds. The van der Waals surface area contributed by atoms with Crippen molar-refractivity contribution in [1.82, 2.24) is 10.2 Å². The zero-order valence-electron chi connectivity index (χ0n) is 18.3. The van der Waals surface area contributed by atoms with Crippen LogP contribution in [0.1, 0.15) is 38.2 Å². The van der Waals surface area contributed by atoms with Crippen molar-refractivity contribution in [1.29, 1.82) is 0 Å². The van der Waals surface area contributed by atoms with Crippen LogP contribution in [0.15, 0.2) is 29.3 Å². The highest BCUT2D eigenvalue weighted by Gasteiger charge is 2.35. The molecule has 1 aliphatic heterocycles. The van der Waals surface area contributed by atoms with Gasteiger partial charge in [0.2, 0.25) is 0 Å². The van der Waals surface area contributed by atoms with Crippen molar-refractivity contribution in [3.63, 3.8) is 0 Å². The maximum Gasteiger partial charge on any atom is 0.193 e. The van der Waals surface area contributed by atoms with Crippen LogP contribution >= 0.6 is 0 Å². The van der Waals surface area contributed by atoms with Crippen LogP contribution in [0.3, 0.4) is 0 Å². The van der Waals surface area contributed by atoms with Crippen molar-refractivity contribution in [3.8, 4) is 5.75 Å². The number of benzene rings is 1. The second-order valence-corrected chi connectivity index (χ2v) is 8.19. The summed E-state index contributed by atoms with van der Waals surface area (Å²) in [5.41, 5.74) is 1.38. The van der Waals surface area contributed by atoms with Crippen molar-refractivity contribution >= 4 is 5.96 Å². The summed E-state index contributed by atoms with van der Waals surface area (Å²) >= 11 is 0. The zero-order valence-corrected chi connectivity index (χ0v) is 18.3. The maximum absolute atomic E-state index is 5.78. The van der Waals surface area contributed by atoms with Crippen LogP contribution in [0.2, 0.25) is 0 Å². The fraction of sp³-hybridized carbons (Fsp3) is 0.696. The van der Waals surface area contributed by atoms with Crippen LogP contribution in [0.5, 0.6) is 5.75 Å². The number of rotatable bonds is 10. The number of ether oxygens (including phenoxy) is 3. The van der Waals surface area contributed by atoms with Gasteiger partial charge in [0.25, 0.3) is 0 Å². The van der Waals surface area contributed by atoms with E-state index in [0.29, 0.717) is 6.61 Å². The normalized spacial score (nSPS) is 19.1. The molecule has 162 valence electrons. The molecular formula is C23H37N3O3. The molecule has 1 aromatic rings. The lowest BCUT2D eigenvalue weighted by molar-refractivity contribution is 0.0511. The average molecular weight is 404 g/mol. The Morgan fingerprint density at radius 2 is 1.97 bits per heavy atom. The smallest absolute Gasteiger partial charge is 0.193 e. The van der Waals surface area contributed by atoms with Gasteiger partial charge in [-0.3, -0.25) is 4.99 Å². The largest absolute Gasteiger partial charge is 0.494 e. The molecule has 1 saturated carbocycles. The van der Waals surface area contributed by atoms with Gasteiger partial charge in [0.1, 0.15) is 5.75 Å². The fourth-order valence-electron chi connectivity index (χ4n) is 3.88. The van der Waals surface area contributed by atoms with Gasteiger partial charge in [0.15, 0.2) is 5.96 Å². The molecule has 1 saturated heterocycles. The lowest BCUT2D eigenvalue weighted by Gasteiger charge is -2.39. The first kappa shape index (κ1) is 21.9. The van der Waals surface area contributed by atoms with E-state index in [2.05, 4.69) is 46.5 Å². The van der Waals surface area contributed by atoms with Crippen LogP contribution in [0.4, 0.5) is 0 Å². The summed E-state index contributed by atoms with van der Waals surface area (Å²) in [7, 11) is 3.92. The summed E-state index contributed by atoms with van der Waals surface area (Å²) in [6.45, 7) is 7.60. The predicted molar refractivity (Wildman–Crippen MR) is 117 cm³/mol. The first-order valence-electron chi connectivity index (χ1n) is 11.0. The van der Waals surface area contributed by atoms with Crippen LogP contribution in [0.25, 0.3) is 0 Å². The van der Waals surface area contributed by atoms with Crippen molar-refractivity contribution < 1.29 is 14.2 Å². The van der Waals surface area contributed by atoms with Gasteiger partial charge in [0, 0.05) is 52.4 Å². The molecule has 6 nitrogen and oxygen atoms in total. The number of hydrogen-bond donors (Lipinski definition) is 1. The van der Waals surface area contributed by atoms with Gasteiger partial charge in [-0.25, -0.2) is 0 Å². The third-order valence-corrected chi connectivity index (χ3v) is 6.01. The first-order valence-corrected chi connectivity index (χ1v) is 11.0. The second-order valence-electron chi connectivity index (χ2n) is 8.19. The Kier molecular flexibility index (Phi) is 8.19. The highest BCUT2D eigenvalue weighted by molar-refractivity contribution is 5.79. The number of hydrogen-bond acceptors (Lipinski definition) is 4. The topological polar surface area (TPSA) is 55.3 Å². The molecule has 1 N–H and O–H groups in total. The highest BCUT2D eigenvalue weighted by Crippen LogP contribution is 2.35. The minimum atomic E-state index is 0.0439. The van der Waals surface area contributed by atoms with Gasteiger partial charge in [0.05, 0.1) is 13.2 Å². The number of likely N-dealkylation sites (N-methyl/N-ethyl adjacent to an activating group) is 1. The van der Waals surface area contributed by atoms with Crippen molar-refractivity contribution in [2.24, 2.45) is 10.9 Å². The SMILES string of the molecule is CCOc1ccc(C2(CNC(=NC)N(C)CCOCC3CC3)CCOCC2)cc1. The van der Waals surface area contributed by atoms with Gasteiger partial charge in [-0.05, 0) is 56.2 Å². The molecule has 0 radical (unpaired) electrons. The molecule has 0 unspecified atom stereocenters. The van der Waals surface area contributed by atoms with E-state index in [0.717, 1.165) is 70.0 Å². The third-order valence-electron chi connectivity index (χ3n) is 6.01. The standard InChI is InChI=1S/C23H37N3O3/c1-4-29-21-9-7-20(8-10-21)23(11-14-27-15-12-23)18-25-22(24-2)26(3)13-16-28-17-19-5-6-19/h7-10,19H,4-6,11-18H2,1-3H3,(H,24,25). The summed E-state index contributed by atoms with van der Waals surface area (Å²) in [6, 6.07) is 8.56. The Morgan fingerprint density at radius 3 is 2.59 bits per heavy atom. The molecule has 29 heavy (non-hydrogen) atoms. The summed E-state index contributed by atoms with van der Waals surface area (Å²) in [5.74, 6) is 2.64. The molecule has 1 heterocycles. The molecule has 3 rings (SSSR count). The Bertz CT molecular complexity index is 637. The summed E-state index contributed by atoms with van der Waals surface area (Å²) in [4.78, 5) is 6.64. The maximum atomic E-state index is 5.78. The summed E-state index contributed by atoms with van der Waals surface area (Å²) in [6.07, 6.45) is 4.66. The lowest BCUT2D eigenvalue weighted by Crippen LogP contribution is -2.49. The van der Waals surface area contributed by atoms with Gasteiger partial charge in [-0.2, -0.15) is 0 Å². The van der Waals surface area contributed by atoms with Gasteiger partial charge >= 0.3 is 0 Å². The van der Waals surface area contributed by atoms with E-state index in [4.69, 9.17) is 14.2 Å². The average Bonchev–Trinajstić information content (AvgIpc) is 3.57. The third kappa shape index (κ3) is 6.34. The van der Waals surface area contributed by atoms with Crippen LogP contribution in [-0.4, -0.2) is 71.1 Å². The van der Waals surface area contributed by atoms with Crippen molar-refractivity contribution in [3.05, 3.63) is 29.8 Å². The Morgan fingerprint density at radius 1 is 1.24 bits per heavy atom. The van der Waals surface area contributed by atoms with Crippen LogP contribution < -0.4 is 10.1 Å². The fourth-order valence-corrected chi connectivity index (χ4v) is 3.88. The van der Waals surface area contributed by atoms with Gasteiger partial charge < -0.3 is 24.4 Å². The molecule has 1 aliphatic carbocycles. The van der Waals surface area contributed by atoms with Crippen LogP contribution in [0, 0.1) is 5.92 Å². The molecular weight excluding hydrogens is 366 g/mol. The number of guanidine groups is 1. The van der Waals surface area contributed by atoms with E-state index in [-0.39, 0.29) is 5.41 Å². The lowest BCUT2D eigenvalue weighted by atomic mass is 9.74. The molecule has 0 bridgehead atoms. The monoisotopic (exact) mass is 403 g/mol. The Balaban J connectivity index is 1.58. The molecule has 6 heteroatoms. The van der Waals surface area contributed by atoms with E-state index in [9.17, 15) is 0 Å². The van der Waals surface area contributed by atoms with Gasteiger partial charge in [-0.1, -0.05) is 12.1 Å². The molecule has 0 aromatic heterocycles. The molecule has 2 aliphatic rings. The minimum Gasteiger partial charge on any atom is -0.494 e. The number of aliphatic imine (C=N–C) groups is 1. The first-order chi connectivity index (χ1) is 14.2. The van der Waals surface area contributed by atoms with Crippen molar-refractivity contribution in [2.45, 2.75) is 38.0 Å². The predicted octanol–water partition coefficient (Wildman–Crippen LogP) is 3.07.